The molecule has 1 heterocycles. The molecule has 0 amide bonds. The van der Waals surface area contributed by atoms with Crippen molar-refractivity contribution in [3.8, 4) is 0 Å². The molecule has 0 aliphatic heterocycles. The van der Waals surface area contributed by atoms with Crippen LogP contribution in [0.4, 0.5) is 0 Å². The quantitative estimate of drug-likeness (QED) is 0.901. The van der Waals surface area contributed by atoms with Crippen LogP contribution in [-0.2, 0) is 0 Å². The lowest BCUT2D eigenvalue weighted by atomic mass is 10.0. The second-order valence-electron chi connectivity index (χ2n) is 5.63. The van der Waals surface area contributed by atoms with Crippen LogP contribution in [-0.4, -0.2) is 22.5 Å². The minimum absolute atomic E-state index is 0.193. The van der Waals surface area contributed by atoms with Crippen LogP contribution in [0.3, 0.4) is 0 Å². The van der Waals surface area contributed by atoms with E-state index in [4.69, 9.17) is 0 Å². The van der Waals surface area contributed by atoms with Crippen LogP contribution in [0, 0.1) is 0 Å². The summed E-state index contributed by atoms with van der Waals surface area (Å²) in [5.41, 5.74) is 2.40. The molecule has 0 saturated heterocycles. The van der Waals surface area contributed by atoms with Crippen molar-refractivity contribution in [2.75, 3.05) is 6.26 Å². The van der Waals surface area contributed by atoms with Crippen LogP contribution in [0.15, 0.2) is 54.7 Å². The van der Waals surface area contributed by atoms with E-state index in [1.807, 2.05) is 24.0 Å². The molecule has 3 atom stereocenters. The molecule has 1 fully saturated rings. The SMILES string of the molecule is CSC1CCC(NC(c2ccccc2)c2ccccn2)C1. The highest BCUT2D eigenvalue weighted by molar-refractivity contribution is 7.99. The van der Waals surface area contributed by atoms with Crippen LogP contribution in [0.2, 0.25) is 0 Å². The van der Waals surface area contributed by atoms with Gasteiger partial charge in [-0.2, -0.15) is 11.8 Å². The van der Waals surface area contributed by atoms with Gasteiger partial charge < -0.3 is 5.32 Å². The zero-order chi connectivity index (χ0) is 14.5. The molecule has 0 bridgehead atoms. The second-order valence-corrected chi connectivity index (χ2v) is 6.77. The first kappa shape index (κ1) is 14.6. The average Bonchev–Trinajstić information content (AvgIpc) is 3.02. The lowest BCUT2D eigenvalue weighted by Gasteiger charge is -2.23. The summed E-state index contributed by atoms with van der Waals surface area (Å²) in [5.74, 6) is 0. The predicted octanol–water partition coefficient (Wildman–Crippen LogP) is 4.04. The Morgan fingerprint density at radius 2 is 1.90 bits per heavy atom. The number of hydrogen-bond donors (Lipinski definition) is 1. The molecule has 0 spiro atoms. The van der Waals surface area contributed by atoms with Crippen LogP contribution < -0.4 is 5.32 Å². The topological polar surface area (TPSA) is 24.9 Å². The normalized spacial score (nSPS) is 23.1. The number of nitrogens with zero attached hydrogens (tertiary/aromatic N) is 1. The number of thioether (sulfide) groups is 1. The smallest absolute Gasteiger partial charge is 0.0753 e. The monoisotopic (exact) mass is 298 g/mol. The van der Waals surface area contributed by atoms with E-state index in [0.29, 0.717) is 6.04 Å². The van der Waals surface area contributed by atoms with Crippen molar-refractivity contribution < 1.29 is 0 Å². The molecule has 1 aromatic carbocycles. The fraction of sp³-hybridized carbons (Fsp3) is 0.389. The molecule has 1 aromatic heterocycles. The number of aromatic nitrogens is 1. The summed E-state index contributed by atoms with van der Waals surface area (Å²) in [5, 5.41) is 4.65. The standard InChI is InChI=1S/C18H22N2S/c1-21-16-11-10-15(13-16)20-18(14-7-3-2-4-8-14)17-9-5-6-12-19-17/h2-9,12,15-16,18,20H,10-11,13H2,1H3. The fourth-order valence-electron chi connectivity index (χ4n) is 3.09. The molecule has 3 heteroatoms. The van der Waals surface area contributed by atoms with Gasteiger partial charge in [0.05, 0.1) is 11.7 Å². The van der Waals surface area contributed by atoms with E-state index >= 15 is 0 Å². The van der Waals surface area contributed by atoms with E-state index in [2.05, 4.69) is 59.0 Å². The summed E-state index contributed by atoms with van der Waals surface area (Å²) in [4.78, 5) is 4.57. The van der Waals surface area contributed by atoms with Crippen molar-refractivity contribution in [3.63, 3.8) is 0 Å². The van der Waals surface area contributed by atoms with Crippen molar-refractivity contribution in [2.24, 2.45) is 0 Å². The zero-order valence-corrected chi connectivity index (χ0v) is 13.2. The van der Waals surface area contributed by atoms with Gasteiger partial charge in [0, 0.05) is 17.5 Å². The molecule has 1 N–H and O–H groups in total. The molecule has 1 saturated carbocycles. The lowest BCUT2D eigenvalue weighted by molar-refractivity contribution is 0.473. The summed E-state index contributed by atoms with van der Waals surface area (Å²) >= 11 is 2.00. The van der Waals surface area contributed by atoms with E-state index in [0.717, 1.165) is 10.9 Å². The van der Waals surface area contributed by atoms with E-state index < -0.39 is 0 Å². The Bertz CT molecular complexity index is 504. The third-order valence-corrected chi connectivity index (χ3v) is 5.33. The van der Waals surface area contributed by atoms with Crippen LogP contribution in [0.25, 0.3) is 0 Å². The van der Waals surface area contributed by atoms with Crippen molar-refractivity contribution in [1.82, 2.24) is 10.3 Å². The third kappa shape index (κ3) is 3.66. The van der Waals surface area contributed by atoms with E-state index in [-0.39, 0.29) is 6.04 Å². The molecular formula is C18H22N2S. The van der Waals surface area contributed by atoms with Gasteiger partial charge in [-0.1, -0.05) is 36.4 Å². The van der Waals surface area contributed by atoms with Crippen molar-refractivity contribution >= 4 is 11.8 Å². The number of pyridine rings is 1. The Morgan fingerprint density at radius 3 is 2.57 bits per heavy atom. The number of rotatable bonds is 5. The van der Waals surface area contributed by atoms with E-state index in [1.165, 1.54) is 24.8 Å². The third-order valence-electron chi connectivity index (χ3n) is 4.24. The molecule has 2 nitrogen and oxygen atoms in total. The maximum Gasteiger partial charge on any atom is 0.0753 e. The molecule has 1 aliphatic carbocycles. The second kappa shape index (κ2) is 7.10. The average molecular weight is 298 g/mol. The highest BCUT2D eigenvalue weighted by Gasteiger charge is 2.27. The van der Waals surface area contributed by atoms with Crippen LogP contribution >= 0.6 is 11.8 Å². The van der Waals surface area contributed by atoms with E-state index in [9.17, 15) is 0 Å². The van der Waals surface area contributed by atoms with Gasteiger partial charge in [-0.3, -0.25) is 4.98 Å². The Balaban J connectivity index is 1.80. The summed E-state index contributed by atoms with van der Waals surface area (Å²) in [7, 11) is 0. The van der Waals surface area contributed by atoms with E-state index in [1.54, 1.807) is 0 Å². The van der Waals surface area contributed by atoms with Gasteiger partial charge in [0.25, 0.3) is 0 Å². The lowest BCUT2D eigenvalue weighted by Crippen LogP contribution is -2.32. The molecule has 0 radical (unpaired) electrons. The van der Waals surface area contributed by atoms with Crippen molar-refractivity contribution in [3.05, 3.63) is 66.0 Å². The largest absolute Gasteiger partial charge is 0.302 e. The minimum Gasteiger partial charge on any atom is -0.302 e. The number of benzene rings is 1. The first-order valence-electron chi connectivity index (χ1n) is 7.61. The van der Waals surface area contributed by atoms with Crippen LogP contribution in [0.5, 0.6) is 0 Å². The fourth-order valence-corrected chi connectivity index (χ4v) is 3.88. The molecule has 2 aromatic rings. The predicted molar refractivity (Wildman–Crippen MR) is 90.6 cm³/mol. The highest BCUT2D eigenvalue weighted by Crippen LogP contribution is 2.31. The van der Waals surface area contributed by atoms with Gasteiger partial charge in [0.1, 0.15) is 0 Å². The molecule has 21 heavy (non-hydrogen) atoms. The Labute approximate surface area is 131 Å². The number of hydrogen-bond acceptors (Lipinski definition) is 3. The van der Waals surface area contributed by atoms with Crippen LogP contribution in [0.1, 0.15) is 36.6 Å². The van der Waals surface area contributed by atoms with Crippen molar-refractivity contribution in [2.45, 2.75) is 36.6 Å². The molecule has 1 aliphatic rings. The molecule has 3 rings (SSSR count). The van der Waals surface area contributed by atoms with Gasteiger partial charge in [0.15, 0.2) is 0 Å². The molecular weight excluding hydrogens is 276 g/mol. The van der Waals surface area contributed by atoms with Gasteiger partial charge in [-0.25, -0.2) is 0 Å². The summed E-state index contributed by atoms with van der Waals surface area (Å²) in [6.45, 7) is 0. The molecule has 110 valence electrons. The summed E-state index contributed by atoms with van der Waals surface area (Å²) in [6.07, 6.45) is 7.95. The summed E-state index contributed by atoms with van der Waals surface area (Å²) in [6, 6.07) is 17.6. The van der Waals surface area contributed by atoms with Gasteiger partial charge in [0.2, 0.25) is 0 Å². The van der Waals surface area contributed by atoms with Gasteiger partial charge in [-0.15, -0.1) is 0 Å². The van der Waals surface area contributed by atoms with Gasteiger partial charge >= 0.3 is 0 Å². The zero-order valence-electron chi connectivity index (χ0n) is 12.4. The first-order valence-corrected chi connectivity index (χ1v) is 8.90. The Morgan fingerprint density at radius 1 is 1.10 bits per heavy atom. The minimum atomic E-state index is 0.193. The Kier molecular flexibility index (Phi) is 4.94. The molecule has 3 unspecified atom stereocenters. The summed E-state index contributed by atoms with van der Waals surface area (Å²) < 4.78 is 0. The number of nitrogens with one attached hydrogen (secondary N) is 1. The maximum atomic E-state index is 4.57. The highest BCUT2D eigenvalue weighted by atomic mass is 32.2. The van der Waals surface area contributed by atoms with Crippen molar-refractivity contribution in [1.29, 1.82) is 0 Å². The Hall–Kier alpha value is -1.32. The maximum absolute atomic E-state index is 4.57. The first-order chi connectivity index (χ1) is 10.4. The van der Waals surface area contributed by atoms with Gasteiger partial charge in [-0.05, 0) is 43.2 Å².